The van der Waals surface area contributed by atoms with E-state index in [4.69, 9.17) is 5.73 Å². The molecule has 6 nitrogen and oxygen atoms in total. The van der Waals surface area contributed by atoms with Crippen LogP contribution in [0.3, 0.4) is 0 Å². The quantitative estimate of drug-likeness (QED) is 0.562. The number of Topliss-reactive ketones (excluding diaryl/α,β-unsaturated/α-hetero) is 1. The first-order valence-corrected chi connectivity index (χ1v) is 12.9. The molecule has 0 spiro atoms. The van der Waals surface area contributed by atoms with Gasteiger partial charge >= 0.3 is 0 Å². The van der Waals surface area contributed by atoms with Gasteiger partial charge in [0.25, 0.3) is 0 Å². The molecule has 2 heterocycles. The van der Waals surface area contributed by atoms with Gasteiger partial charge in [0.15, 0.2) is 10.1 Å². The lowest BCUT2D eigenvalue weighted by Crippen LogP contribution is -2.42. The molecule has 1 aliphatic carbocycles. The molecule has 0 fully saturated rings. The maximum absolute atomic E-state index is 13.6. The molecule has 33 heavy (non-hydrogen) atoms. The number of nitrogens with two attached hydrogens (primary N) is 1. The monoisotopic (exact) mass is 479 g/mol. The summed E-state index contributed by atoms with van der Waals surface area (Å²) in [5.74, 6) is -0.0610. The molecule has 1 aromatic carbocycles. The number of thioether (sulfide) groups is 1. The number of aryl methyl sites for hydroxylation is 1. The van der Waals surface area contributed by atoms with Crippen molar-refractivity contribution in [1.82, 2.24) is 10.2 Å². The predicted molar refractivity (Wildman–Crippen MR) is 134 cm³/mol. The van der Waals surface area contributed by atoms with Gasteiger partial charge in [0, 0.05) is 22.9 Å². The number of hydrogen-bond donors (Lipinski definition) is 1. The second kappa shape index (κ2) is 8.96. The molecule has 2 aliphatic rings. The number of nitrogens with zero attached hydrogens (tertiary/aromatic N) is 4. The van der Waals surface area contributed by atoms with Gasteiger partial charge in [-0.3, -0.25) is 9.69 Å². The lowest BCUT2D eigenvalue weighted by molar-refractivity contribution is -0.118. The van der Waals surface area contributed by atoms with Gasteiger partial charge in [-0.15, -0.1) is 10.2 Å². The highest BCUT2D eigenvalue weighted by Crippen LogP contribution is 2.50. The van der Waals surface area contributed by atoms with Gasteiger partial charge in [0.2, 0.25) is 5.13 Å². The second-order valence-corrected chi connectivity index (χ2v) is 12.4. The van der Waals surface area contributed by atoms with Crippen LogP contribution in [-0.2, 0) is 11.2 Å². The third-order valence-corrected chi connectivity index (χ3v) is 8.02. The number of benzene rings is 1. The SMILES string of the molecule is CCc1ccc(C2C(C#N)=C(N)N(c3nnc(SC(C)C)s3)C3=C2C(=O)CC(C)(C)C3)cc1. The summed E-state index contributed by atoms with van der Waals surface area (Å²) in [5, 5.41) is 19.9. The molecule has 0 saturated carbocycles. The first-order chi connectivity index (χ1) is 15.6. The van der Waals surface area contributed by atoms with Gasteiger partial charge in [0.05, 0.1) is 17.6 Å². The second-order valence-electron chi connectivity index (χ2n) is 9.59. The number of nitriles is 1. The van der Waals surface area contributed by atoms with Crippen LogP contribution in [0.5, 0.6) is 0 Å². The van der Waals surface area contributed by atoms with Crippen molar-refractivity contribution in [3.05, 3.63) is 58.1 Å². The molecule has 8 heteroatoms. The van der Waals surface area contributed by atoms with E-state index >= 15 is 0 Å². The van der Waals surface area contributed by atoms with Crippen LogP contribution in [0.4, 0.5) is 5.13 Å². The van der Waals surface area contributed by atoms with Crippen LogP contribution in [0.15, 0.2) is 51.3 Å². The van der Waals surface area contributed by atoms with Gasteiger partial charge in [-0.1, -0.05) is 82.0 Å². The number of anilines is 1. The summed E-state index contributed by atoms with van der Waals surface area (Å²) < 4.78 is 0.840. The van der Waals surface area contributed by atoms with E-state index in [2.05, 4.69) is 63.0 Å². The number of allylic oxidation sites excluding steroid dienone is 3. The highest BCUT2D eigenvalue weighted by atomic mass is 32.2. The molecule has 0 amide bonds. The molecule has 1 aromatic heterocycles. The number of hydrogen-bond acceptors (Lipinski definition) is 8. The lowest BCUT2D eigenvalue weighted by Gasteiger charge is -2.42. The Balaban J connectivity index is 1.90. The Hall–Kier alpha value is -2.63. The van der Waals surface area contributed by atoms with Crippen molar-refractivity contribution >= 4 is 34.0 Å². The Morgan fingerprint density at radius 1 is 1.27 bits per heavy atom. The summed E-state index contributed by atoms with van der Waals surface area (Å²) in [6.45, 7) is 10.5. The van der Waals surface area contributed by atoms with Gasteiger partial charge in [-0.25, -0.2) is 0 Å². The zero-order chi connectivity index (χ0) is 23.9. The standard InChI is InChI=1S/C25H29N5OS2/c1-6-15-7-9-16(10-8-15)20-17(13-26)22(27)30(23-28-29-24(33-23)32-14(2)3)18-11-25(4,5)12-19(31)21(18)20/h7-10,14,20H,6,11-12,27H2,1-5H3. The van der Waals surface area contributed by atoms with E-state index in [0.717, 1.165) is 22.0 Å². The number of carbonyl (C=O) groups excluding carboxylic acids is 1. The van der Waals surface area contributed by atoms with Crippen LogP contribution >= 0.6 is 23.1 Å². The van der Waals surface area contributed by atoms with E-state index in [1.54, 1.807) is 11.8 Å². The molecule has 1 atom stereocenters. The fraction of sp³-hybridized carbons (Fsp3) is 0.440. The number of carbonyl (C=O) groups is 1. The molecule has 0 saturated heterocycles. The molecule has 0 radical (unpaired) electrons. The van der Waals surface area contributed by atoms with Crippen molar-refractivity contribution in [3.8, 4) is 6.07 Å². The number of rotatable bonds is 5. The van der Waals surface area contributed by atoms with Crippen molar-refractivity contribution in [1.29, 1.82) is 5.26 Å². The molecule has 1 aliphatic heterocycles. The molecular weight excluding hydrogens is 450 g/mol. The third-order valence-electron chi connectivity index (χ3n) is 6.03. The van der Waals surface area contributed by atoms with E-state index in [9.17, 15) is 10.1 Å². The maximum Gasteiger partial charge on any atom is 0.219 e. The van der Waals surface area contributed by atoms with Crippen molar-refractivity contribution < 1.29 is 4.79 Å². The van der Waals surface area contributed by atoms with Crippen molar-refractivity contribution in [2.24, 2.45) is 11.1 Å². The van der Waals surface area contributed by atoms with Crippen LogP contribution < -0.4 is 10.6 Å². The summed E-state index contributed by atoms with van der Waals surface area (Å²) in [7, 11) is 0. The van der Waals surface area contributed by atoms with Crippen LogP contribution in [0.2, 0.25) is 0 Å². The van der Waals surface area contributed by atoms with Crippen LogP contribution in [0.1, 0.15) is 64.5 Å². The Morgan fingerprint density at radius 2 is 1.97 bits per heavy atom. The first kappa shape index (κ1) is 23.5. The van der Waals surface area contributed by atoms with Crippen LogP contribution in [0.25, 0.3) is 0 Å². The minimum Gasteiger partial charge on any atom is -0.384 e. The van der Waals surface area contributed by atoms with Gasteiger partial charge in [-0.2, -0.15) is 5.26 Å². The smallest absolute Gasteiger partial charge is 0.219 e. The third kappa shape index (κ3) is 4.44. The Morgan fingerprint density at radius 3 is 2.58 bits per heavy atom. The van der Waals surface area contributed by atoms with Crippen LogP contribution in [0, 0.1) is 16.7 Å². The zero-order valence-electron chi connectivity index (χ0n) is 19.7. The molecule has 172 valence electrons. The molecule has 2 N–H and O–H groups in total. The molecule has 1 unspecified atom stereocenters. The highest BCUT2D eigenvalue weighted by molar-refractivity contribution is 8.01. The number of aromatic nitrogens is 2. The average Bonchev–Trinajstić information content (AvgIpc) is 3.19. The number of ketones is 1. The topological polar surface area (TPSA) is 95.9 Å². The van der Waals surface area contributed by atoms with Gasteiger partial charge in [-0.05, 0) is 29.4 Å². The summed E-state index contributed by atoms with van der Waals surface area (Å²) >= 11 is 3.08. The Labute approximate surface area is 203 Å². The van der Waals surface area contributed by atoms with E-state index < -0.39 is 5.92 Å². The largest absolute Gasteiger partial charge is 0.384 e. The summed E-state index contributed by atoms with van der Waals surface area (Å²) in [6.07, 6.45) is 2.03. The maximum atomic E-state index is 13.6. The molecule has 4 rings (SSSR count). The fourth-order valence-electron chi connectivity index (χ4n) is 4.55. The van der Waals surface area contributed by atoms with Gasteiger partial charge < -0.3 is 5.73 Å². The first-order valence-electron chi connectivity index (χ1n) is 11.2. The van der Waals surface area contributed by atoms with E-state index in [1.165, 1.54) is 16.9 Å². The normalized spacial score (nSPS) is 20.3. The summed E-state index contributed by atoms with van der Waals surface area (Å²) in [6, 6.07) is 10.5. The average molecular weight is 480 g/mol. The summed E-state index contributed by atoms with van der Waals surface area (Å²) in [4.78, 5) is 15.4. The Kier molecular flexibility index (Phi) is 6.39. The fourth-order valence-corrected chi connectivity index (χ4v) is 6.65. The summed E-state index contributed by atoms with van der Waals surface area (Å²) in [5.41, 5.74) is 10.5. The van der Waals surface area contributed by atoms with Crippen molar-refractivity contribution in [2.45, 2.75) is 69.4 Å². The minimum absolute atomic E-state index is 0.0670. The van der Waals surface area contributed by atoms with E-state index in [0.29, 0.717) is 40.2 Å². The van der Waals surface area contributed by atoms with Crippen LogP contribution in [-0.4, -0.2) is 21.2 Å². The van der Waals surface area contributed by atoms with Crippen molar-refractivity contribution in [3.63, 3.8) is 0 Å². The molecule has 2 aromatic rings. The van der Waals surface area contributed by atoms with Gasteiger partial charge in [0.1, 0.15) is 5.82 Å². The predicted octanol–water partition coefficient (Wildman–Crippen LogP) is 5.54. The van der Waals surface area contributed by atoms with Crippen molar-refractivity contribution in [2.75, 3.05) is 4.90 Å². The van der Waals surface area contributed by atoms with E-state index in [1.807, 2.05) is 17.0 Å². The zero-order valence-corrected chi connectivity index (χ0v) is 21.3. The van der Waals surface area contributed by atoms with E-state index in [-0.39, 0.29) is 11.2 Å². The lowest BCUT2D eigenvalue weighted by atomic mass is 9.68. The molecule has 0 bridgehead atoms. The Bertz CT molecular complexity index is 1180. The minimum atomic E-state index is -0.465. The highest BCUT2D eigenvalue weighted by Gasteiger charge is 2.45. The molecular formula is C25H29N5OS2.